The topological polar surface area (TPSA) is 187 Å². The van der Waals surface area contributed by atoms with E-state index in [1.54, 1.807) is 73.9 Å². The molecule has 5 aromatic rings. The van der Waals surface area contributed by atoms with Crippen LogP contribution in [0.5, 0.6) is 0 Å². The second-order valence-electron chi connectivity index (χ2n) is 11.0. The molecular formula is C41H52O13. The molecule has 0 N–H and O–H groups in total. The summed E-state index contributed by atoms with van der Waals surface area (Å²) >= 11 is 0. The summed E-state index contributed by atoms with van der Waals surface area (Å²) in [6, 6.07) is 16.9. The summed E-state index contributed by atoms with van der Waals surface area (Å²) in [5, 5.41) is 0. The van der Waals surface area contributed by atoms with Crippen LogP contribution in [0.3, 0.4) is 0 Å². The minimum Gasteiger partial charge on any atom is -0.466 e. The van der Waals surface area contributed by atoms with E-state index in [-0.39, 0.29) is 41.6 Å². The van der Waals surface area contributed by atoms with Crippen LogP contribution in [0.25, 0.3) is 0 Å². The number of ketones is 4. The van der Waals surface area contributed by atoms with Crippen molar-refractivity contribution < 1.29 is 60.3 Å². The molecule has 5 heterocycles. The van der Waals surface area contributed by atoms with Gasteiger partial charge in [0.2, 0.25) is 5.76 Å². The van der Waals surface area contributed by atoms with Crippen LogP contribution in [0.1, 0.15) is 129 Å². The third-order valence-electron chi connectivity index (χ3n) is 6.21. The third-order valence-corrected chi connectivity index (χ3v) is 6.21. The fourth-order valence-electron chi connectivity index (χ4n) is 3.38. The van der Waals surface area contributed by atoms with Gasteiger partial charge < -0.3 is 31.6 Å². The zero-order valence-electron chi connectivity index (χ0n) is 32.3. The SMILES string of the molecule is CC(=O)OCc1ccco1.CC(=O)c1ccco1.CC(C)C(=O)c1ccco1.CCC(=O)CC.CCCC(=O)c1ccco1.CCOC(=O)c1ccco1. The Kier molecular flexibility index (Phi) is 26.3. The highest BCUT2D eigenvalue weighted by Crippen LogP contribution is 2.08. The van der Waals surface area contributed by atoms with E-state index in [0.717, 1.165) is 6.42 Å². The van der Waals surface area contributed by atoms with Crippen molar-refractivity contribution in [1.82, 2.24) is 0 Å². The van der Waals surface area contributed by atoms with E-state index in [1.807, 2.05) is 34.6 Å². The predicted molar refractivity (Wildman–Crippen MR) is 199 cm³/mol. The number of ether oxygens (including phenoxy) is 2. The van der Waals surface area contributed by atoms with Gasteiger partial charge in [0.05, 0.1) is 37.9 Å². The van der Waals surface area contributed by atoms with Crippen molar-refractivity contribution in [1.29, 1.82) is 0 Å². The van der Waals surface area contributed by atoms with Crippen LogP contribution in [0, 0.1) is 5.92 Å². The second kappa shape index (κ2) is 29.6. The molecule has 0 fully saturated rings. The van der Waals surface area contributed by atoms with Gasteiger partial charge in [0.15, 0.2) is 34.6 Å². The molecule has 13 heteroatoms. The lowest BCUT2D eigenvalue weighted by atomic mass is 10.1. The number of furan rings is 5. The minimum atomic E-state index is -0.410. The molecule has 0 aromatic carbocycles. The zero-order valence-corrected chi connectivity index (χ0v) is 32.3. The number of hydrogen-bond acceptors (Lipinski definition) is 13. The molecule has 0 saturated heterocycles. The molecule has 5 rings (SSSR count). The smallest absolute Gasteiger partial charge is 0.374 e. The summed E-state index contributed by atoms with van der Waals surface area (Å²) in [6.45, 7) is 14.6. The first-order chi connectivity index (χ1) is 25.8. The third kappa shape index (κ3) is 22.8. The molecule has 0 aliphatic heterocycles. The Morgan fingerprint density at radius 3 is 1.39 bits per heavy atom. The number of Topliss-reactive ketones (excluding diaryl/α,β-unsaturated/α-hetero) is 4. The van der Waals surface area contributed by atoms with Gasteiger partial charge >= 0.3 is 11.9 Å². The van der Waals surface area contributed by atoms with Crippen molar-refractivity contribution in [2.75, 3.05) is 6.61 Å². The minimum absolute atomic E-state index is 0.0196. The van der Waals surface area contributed by atoms with Gasteiger partial charge in [-0.05, 0) is 74.0 Å². The number of carbonyl (C=O) groups excluding carboxylic acids is 6. The van der Waals surface area contributed by atoms with Crippen LogP contribution >= 0.6 is 0 Å². The van der Waals surface area contributed by atoms with Crippen molar-refractivity contribution in [2.24, 2.45) is 5.92 Å². The Labute approximate surface area is 316 Å². The van der Waals surface area contributed by atoms with E-state index >= 15 is 0 Å². The maximum atomic E-state index is 11.1. The van der Waals surface area contributed by atoms with Crippen LogP contribution in [0.4, 0.5) is 0 Å². The van der Waals surface area contributed by atoms with Crippen molar-refractivity contribution in [2.45, 2.75) is 87.7 Å². The summed E-state index contributed by atoms with van der Waals surface area (Å²) in [7, 11) is 0. The molecular weight excluding hydrogens is 700 g/mol. The largest absolute Gasteiger partial charge is 0.466 e. The van der Waals surface area contributed by atoms with Gasteiger partial charge in [-0.15, -0.1) is 0 Å². The summed E-state index contributed by atoms with van der Waals surface area (Å²) in [4.78, 5) is 63.8. The predicted octanol–water partition coefficient (Wildman–Crippen LogP) is 10.0. The van der Waals surface area contributed by atoms with Gasteiger partial charge in [0.1, 0.15) is 18.2 Å². The Morgan fingerprint density at radius 1 is 0.593 bits per heavy atom. The first-order valence-corrected chi connectivity index (χ1v) is 17.4. The second-order valence-corrected chi connectivity index (χ2v) is 11.0. The molecule has 0 aliphatic carbocycles. The van der Waals surface area contributed by atoms with Crippen LogP contribution < -0.4 is 0 Å². The van der Waals surface area contributed by atoms with E-state index < -0.39 is 5.97 Å². The van der Waals surface area contributed by atoms with Crippen molar-refractivity contribution in [3.8, 4) is 0 Å². The van der Waals surface area contributed by atoms with Gasteiger partial charge in [-0.3, -0.25) is 24.0 Å². The molecule has 294 valence electrons. The lowest BCUT2D eigenvalue weighted by molar-refractivity contribution is -0.142. The van der Waals surface area contributed by atoms with Gasteiger partial charge in [0, 0.05) is 39.0 Å². The summed E-state index contributed by atoms with van der Waals surface area (Å²) in [6.07, 6.45) is 10.3. The fraction of sp³-hybridized carbons (Fsp3) is 0.366. The van der Waals surface area contributed by atoms with Crippen molar-refractivity contribution in [3.63, 3.8) is 0 Å². The Hall–Kier alpha value is -5.98. The van der Waals surface area contributed by atoms with E-state index in [4.69, 9.17) is 22.1 Å². The molecule has 0 amide bonds. The monoisotopic (exact) mass is 752 g/mol. The first-order valence-electron chi connectivity index (χ1n) is 17.4. The van der Waals surface area contributed by atoms with E-state index in [0.29, 0.717) is 54.7 Å². The molecule has 0 radical (unpaired) electrons. The molecule has 0 unspecified atom stereocenters. The fourth-order valence-corrected chi connectivity index (χ4v) is 3.38. The lowest BCUT2D eigenvalue weighted by Gasteiger charge is -1.97. The molecule has 0 bridgehead atoms. The average Bonchev–Trinajstić information content (AvgIpc) is 4.02. The highest BCUT2D eigenvalue weighted by atomic mass is 16.5. The summed E-state index contributed by atoms with van der Waals surface area (Å²) in [5.74, 6) is 2.04. The number of esters is 2. The zero-order chi connectivity index (χ0) is 40.7. The summed E-state index contributed by atoms with van der Waals surface area (Å²) in [5.41, 5.74) is 0. The van der Waals surface area contributed by atoms with Crippen LogP contribution in [0.2, 0.25) is 0 Å². The lowest BCUT2D eigenvalue weighted by Crippen LogP contribution is -2.05. The molecule has 54 heavy (non-hydrogen) atoms. The van der Waals surface area contributed by atoms with E-state index in [9.17, 15) is 28.8 Å². The van der Waals surface area contributed by atoms with Crippen LogP contribution in [-0.4, -0.2) is 41.7 Å². The standard InChI is InChI=1S/2C8H10O2.2C7H8O3.C6H6O2.C5H10O/c1-6(2)8(9)7-4-3-5-10-7;1-2-4-7(9)8-5-3-6-10-8;1-6(8)10-5-7-3-2-4-9-7;1-2-9-7(8)6-4-3-5-10-6;1-5(7)6-3-2-4-8-6;1-3-5(6)4-2/h3-6H,1-2H3;3,5-6H,2,4H2,1H3;2-4H,5H2,1H3;3-5H,2H2,1H3;2-4H,1H3;3-4H2,1-2H3. The molecule has 0 spiro atoms. The quantitative estimate of drug-likeness (QED) is 0.0866. The molecule has 13 nitrogen and oxygen atoms in total. The molecule has 0 atom stereocenters. The first kappa shape index (κ1) is 48.0. The molecule has 0 aliphatic rings. The highest BCUT2D eigenvalue weighted by Gasteiger charge is 2.12. The van der Waals surface area contributed by atoms with Crippen LogP contribution in [-0.2, 0) is 25.7 Å². The number of rotatable bonds is 12. The maximum absolute atomic E-state index is 11.1. The van der Waals surface area contributed by atoms with Gasteiger partial charge in [-0.1, -0.05) is 34.6 Å². The highest BCUT2D eigenvalue weighted by molar-refractivity contribution is 5.94. The number of carbonyl (C=O) groups is 6. The van der Waals surface area contributed by atoms with Crippen molar-refractivity contribution >= 4 is 35.1 Å². The Bertz CT molecular complexity index is 1620. The molecule has 0 saturated carbocycles. The normalized spacial score (nSPS) is 9.43. The van der Waals surface area contributed by atoms with E-state index in [2.05, 4.69) is 9.47 Å². The maximum Gasteiger partial charge on any atom is 0.374 e. The van der Waals surface area contributed by atoms with Crippen LogP contribution in [0.15, 0.2) is 114 Å². The molecule has 5 aromatic heterocycles. The Balaban J connectivity index is 0.000000629. The van der Waals surface area contributed by atoms with Crippen molar-refractivity contribution in [3.05, 3.63) is 121 Å². The van der Waals surface area contributed by atoms with Gasteiger partial charge in [-0.2, -0.15) is 0 Å². The average molecular weight is 753 g/mol. The summed E-state index contributed by atoms with van der Waals surface area (Å²) < 4.78 is 33.5. The Morgan fingerprint density at radius 2 is 1.06 bits per heavy atom. The van der Waals surface area contributed by atoms with Gasteiger partial charge in [0.25, 0.3) is 0 Å². The number of hydrogen-bond donors (Lipinski definition) is 0. The van der Waals surface area contributed by atoms with E-state index in [1.165, 1.54) is 38.9 Å². The van der Waals surface area contributed by atoms with Gasteiger partial charge in [-0.25, -0.2) is 4.79 Å².